The lowest BCUT2D eigenvalue weighted by Crippen LogP contribution is -2.30. The van der Waals surface area contributed by atoms with Crippen LogP contribution in [0, 0.1) is 24.7 Å². The zero-order chi connectivity index (χ0) is 53.4. The number of fused-ring (bicyclic) bond motifs is 11. The molecule has 5 heteroatoms. The lowest BCUT2D eigenvalue weighted by Gasteiger charge is -2.33. The van der Waals surface area contributed by atoms with Crippen molar-refractivity contribution in [2.75, 3.05) is 9.80 Å². The van der Waals surface area contributed by atoms with E-state index >= 15 is 0 Å². The number of allylic oxidation sites excluding steroid dienone is 4. The average molecular weight is 1010 g/mol. The van der Waals surface area contributed by atoms with Gasteiger partial charge in [-0.2, -0.15) is 0 Å². The number of hydrogen-bond donors (Lipinski definition) is 0. The molecule has 0 fully saturated rings. The summed E-state index contributed by atoms with van der Waals surface area (Å²) in [5.41, 5.74) is 18.4. The minimum Gasteiger partial charge on any atom is -0.483 e. The summed E-state index contributed by atoms with van der Waals surface area (Å²) in [6.07, 6.45) is 13.5. The quantitative estimate of drug-likeness (QED) is 0.152. The van der Waals surface area contributed by atoms with Crippen molar-refractivity contribution in [1.29, 1.82) is 0 Å². The second-order valence-corrected chi connectivity index (χ2v) is 24.8. The number of furan rings is 1. The van der Waals surface area contributed by atoms with Crippen molar-refractivity contribution in [3.8, 4) is 11.5 Å². The predicted octanol–water partition coefficient (Wildman–Crippen LogP) is 20.5. The first-order valence-corrected chi connectivity index (χ1v) is 27.9. The first-order chi connectivity index (χ1) is 37.0. The van der Waals surface area contributed by atoms with Gasteiger partial charge in [-0.1, -0.05) is 178 Å². The molecule has 2 aliphatic carbocycles. The van der Waals surface area contributed by atoms with Crippen molar-refractivity contribution >= 4 is 77.6 Å². The number of aryl methyl sites for hydroxylation is 2. The molecule has 9 aromatic rings. The van der Waals surface area contributed by atoms with Crippen LogP contribution < -0.4 is 19.3 Å². The molecule has 0 saturated heterocycles. The minimum atomic E-state index is -0.0503. The lowest BCUT2D eigenvalue weighted by atomic mass is 9.76. The van der Waals surface area contributed by atoms with Gasteiger partial charge in [0.2, 0.25) is 0 Å². The van der Waals surface area contributed by atoms with Gasteiger partial charge in [-0.25, -0.2) is 0 Å². The summed E-state index contributed by atoms with van der Waals surface area (Å²) in [6, 6.07) is 49.6. The Morgan fingerprint density at radius 3 is 1.22 bits per heavy atom. The van der Waals surface area contributed by atoms with Gasteiger partial charge in [-0.05, 0) is 152 Å². The van der Waals surface area contributed by atoms with Crippen molar-refractivity contribution < 1.29 is 13.9 Å². The SMILES string of the molecule is Cc1ccccc1N(c1cccc2c1OC1C(C(C)(C)C)=CC=CC21)c1ccc2cc3c(cc2c1C(C)C)oc1cc2c(C(C)C)c(N(c4ccccc4C)c4cccc5c4OC4C(C(C)(C)C)=CC=CC54)ccc2cc13. The Morgan fingerprint density at radius 2 is 0.831 bits per heavy atom. The zero-order valence-corrected chi connectivity index (χ0v) is 46.7. The fourth-order valence-electron chi connectivity index (χ4n) is 13.4. The maximum Gasteiger partial charge on any atom is 0.148 e. The van der Waals surface area contributed by atoms with E-state index in [0.717, 1.165) is 67.6 Å². The van der Waals surface area contributed by atoms with Crippen LogP contribution >= 0.6 is 0 Å². The summed E-state index contributed by atoms with van der Waals surface area (Å²) >= 11 is 0. The lowest BCUT2D eigenvalue weighted by molar-refractivity contribution is 0.224. The Hall–Kier alpha value is -7.76. The number of benzene rings is 8. The van der Waals surface area contributed by atoms with E-state index in [1.54, 1.807) is 0 Å². The van der Waals surface area contributed by atoms with Crippen molar-refractivity contribution in [3.63, 3.8) is 0 Å². The molecule has 0 spiro atoms. The Labute approximate surface area is 454 Å². The third-order valence-electron chi connectivity index (χ3n) is 17.1. The zero-order valence-electron chi connectivity index (χ0n) is 46.7. The van der Waals surface area contributed by atoms with Crippen LogP contribution in [0.15, 0.2) is 185 Å². The van der Waals surface area contributed by atoms with E-state index in [2.05, 4.69) is 263 Å². The maximum absolute atomic E-state index is 7.21. The molecule has 0 bridgehead atoms. The molecular formula is C72H70N2O3. The van der Waals surface area contributed by atoms with E-state index in [1.165, 1.54) is 66.1 Å². The van der Waals surface area contributed by atoms with Crippen molar-refractivity contribution in [1.82, 2.24) is 0 Å². The fraction of sp³-hybridized carbons (Fsp3) is 0.278. The largest absolute Gasteiger partial charge is 0.483 e. The van der Waals surface area contributed by atoms with Crippen LogP contribution in [0.5, 0.6) is 11.5 Å². The van der Waals surface area contributed by atoms with E-state index in [0.29, 0.717) is 0 Å². The summed E-state index contributed by atoms with van der Waals surface area (Å²) in [7, 11) is 0. The molecule has 13 rings (SSSR count). The summed E-state index contributed by atoms with van der Waals surface area (Å²) in [5.74, 6) is 2.57. The Morgan fingerprint density at radius 1 is 0.429 bits per heavy atom. The van der Waals surface area contributed by atoms with Crippen molar-refractivity contribution in [2.24, 2.45) is 10.8 Å². The fourth-order valence-corrected chi connectivity index (χ4v) is 13.4. The number of rotatable bonds is 8. The van der Waals surface area contributed by atoms with Gasteiger partial charge in [0.1, 0.15) is 34.9 Å². The van der Waals surface area contributed by atoms with Crippen molar-refractivity contribution in [3.05, 3.63) is 214 Å². The van der Waals surface area contributed by atoms with Crippen LogP contribution in [-0.4, -0.2) is 12.2 Å². The molecule has 0 amide bonds. The first kappa shape index (κ1) is 48.9. The maximum atomic E-state index is 7.21. The highest BCUT2D eigenvalue weighted by atomic mass is 16.5. The number of para-hydroxylation sites is 4. The second-order valence-electron chi connectivity index (χ2n) is 24.8. The highest BCUT2D eigenvalue weighted by Gasteiger charge is 2.44. The van der Waals surface area contributed by atoms with Gasteiger partial charge in [-0.15, -0.1) is 0 Å². The van der Waals surface area contributed by atoms with Gasteiger partial charge in [0.15, 0.2) is 0 Å². The van der Waals surface area contributed by atoms with Gasteiger partial charge in [0.05, 0.1) is 22.7 Å². The molecule has 2 aliphatic heterocycles. The summed E-state index contributed by atoms with van der Waals surface area (Å²) in [6.45, 7) is 27.5. The van der Waals surface area contributed by atoms with Crippen LogP contribution in [0.3, 0.4) is 0 Å². The number of hydrogen-bond acceptors (Lipinski definition) is 5. The van der Waals surface area contributed by atoms with Gasteiger partial charge in [0.25, 0.3) is 0 Å². The molecule has 5 nitrogen and oxygen atoms in total. The molecule has 4 aliphatic rings. The molecule has 3 heterocycles. The number of nitrogens with zero attached hydrogens (tertiary/aromatic N) is 2. The molecular weight excluding hydrogens is 941 g/mol. The minimum absolute atomic E-state index is 0.0309. The summed E-state index contributed by atoms with van der Waals surface area (Å²) in [4.78, 5) is 4.93. The second kappa shape index (κ2) is 17.9. The van der Waals surface area contributed by atoms with Gasteiger partial charge in [-0.3, -0.25) is 0 Å². The topological polar surface area (TPSA) is 38.1 Å². The molecule has 1 aromatic heterocycles. The molecule has 0 N–H and O–H groups in total. The van der Waals surface area contributed by atoms with E-state index in [1.807, 2.05) is 0 Å². The highest BCUT2D eigenvalue weighted by molar-refractivity contribution is 6.15. The molecule has 0 radical (unpaired) electrons. The van der Waals surface area contributed by atoms with E-state index in [-0.39, 0.29) is 46.7 Å². The molecule has 4 unspecified atom stereocenters. The van der Waals surface area contributed by atoms with Crippen LogP contribution in [0.4, 0.5) is 34.1 Å². The first-order valence-electron chi connectivity index (χ1n) is 27.9. The van der Waals surface area contributed by atoms with Crippen LogP contribution in [0.25, 0.3) is 43.5 Å². The third kappa shape index (κ3) is 7.78. The van der Waals surface area contributed by atoms with Crippen molar-refractivity contribution in [2.45, 2.75) is 119 Å². The van der Waals surface area contributed by atoms with Crippen LogP contribution in [0.1, 0.15) is 126 Å². The Kier molecular flexibility index (Phi) is 11.4. The molecule has 4 atom stereocenters. The third-order valence-corrected chi connectivity index (χ3v) is 17.1. The molecule has 77 heavy (non-hydrogen) atoms. The smallest absolute Gasteiger partial charge is 0.148 e. The van der Waals surface area contributed by atoms with E-state index < -0.39 is 0 Å². The Balaban J connectivity index is 0.969. The summed E-state index contributed by atoms with van der Waals surface area (Å²) in [5, 5.41) is 6.99. The molecule has 0 saturated carbocycles. The average Bonchev–Trinajstić information content (AvgIpc) is 4.10. The van der Waals surface area contributed by atoms with E-state index in [4.69, 9.17) is 13.9 Å². The van der Waals surface area contributed by atoms with Crippen LogP contribution in [-0.2, 0) is 0 Å². The number of ether oxygens (including phenoxy) is 2. The van der Waals surface area contributed by atoms with Gasteiger partial charge < -0.3 is 23.7 Å². The summed E-state index contributed by atoms with van der Waals surface area (Å²) < 4.78 is 21.6. The van der Waals surface area contributed by atoms with Crippen LogP contribution in [0.2, 0.25) is 0 Å². The van der Waals surface area contributed by atoms with E-state index in [9.17, 15) is 0 Å². The van der Waals surface area contributed by atoms with Gasteiger partial charge in [0, 0.05) is 45.1 Å². The normalized spacial score (nSPS) is 18.6. The monoisotopic (exact) mass is 1010 g/mol. The Bertz CT molecular complexity index is 3770. The standard InChI is InChI=1S/C72H70N2O3/c1-41(2)65-51-39-63-53(37-45(51)33-35-59(65)73(57-29-15-13-21-43(57)5)61-31-19-25-49-47-23-17-27-55(71(7,8)9)67(47)76-69(49)61)54-38-46-34-36-60(66(42(3)4)52(46)40-64(54)75-63)74(58-30-16-14-22-44(58)6)62-32-20-26-50-48-24-18-28-56(72(10,11)12)68(48)77-70(50)62/h13-42,47-48,67-68H,1-12H3. The number of anilines is 6. The molecule has 8 aromatic carbocycles. The molecule has 386 valence electrons. The van der Waals surface area contributed by atoms with Gasteiger partial charge >= 0.3 is 0 Å². The highest BCUT2D eigenvalue weighted by Crippen LogP contribution is 2.57. The predicted molar refractivity (Wildman–Crippen MR) is 323 cm³/mol.